The van der Waals surface area contributed by atoms with Crippen molar-refractivity contribution in [2.45, 2.75) is 50.9 Å². The van der Waals surface area contributed by atoms with E-state index >= 15 is 0 Å². The van der Waals surface area contributed by atoms with Crippen LogP contribution in [0.4, 0.5) is 0 Å². The summed E-state index contributed by atoms with van der Waals surface area (Å²) >= 11 is 0. The molecule has 0 aliphatic heterocycles. The molecule has 1 nitrogen and oxygen atoms in total. The first-order valence-electron chi connectivity index (χ1n) is 6.92. The minimum Gasteiger partial charge on any atom is -0.300 e. The number of rotatable bonds is 4. The van der Waals surface area contributed by atoms with Crippen LogP contribution >= 0.6 is 0 Å². The Bertz CT molecular complexity index is 417. The zero-order valence-corrected chi connectivity index (χ0v) is 10.3. The van der Waals surface area contributed by atoms with Crippen molar-refractivity contribution in [2.75, 3.05) is 0 Å². The molecular formula is C16H20O. The van der Waals surface area contributed by atoms with Gasteiger partial charge < -0.3 is 0 Å². The van der Waals surface area contributed by atoms with E-state index in [1.165, 1.54) is 43.2 Å². The first-order chi connectivity index (χ1) is 8.33. The van der Waals surface area contributed by atoms with Crippen LogP contribution in [-0.2, 0) is 11.2 Å². The second kappa shape index (κ2) is 4.64. The Labute approximate surface area is 103 Å². The number of Topliss-reactive ketones (excluding diaryl/α,β-unsaturated/α-hetero) is 1. The van der Waals surface area contributed by atoms with Crippen LogP contribution in [0.1, 0.15) is 55.6 Å². The van der Waals surface area contributed by atoms with Gasteiger partial charge >= 0.3 is 0 Å². The lowest BCUT2D eigenvalue weighted by Crippen LogP contribution is -2.14. The lowest BCUT2D eigenvalue weighted by Gasteiger charge is -2.24. The van der Waals surface area contributed by atoms with Crippen molar-refractivity contribution in [2.24, 2.45) is 5.92 Å². The Balaban J connectivity index is 1.69. The maximum atomic E-state index is 12.0. The molecule has 0 amide bonds. The average Bonchev–Trinajstić information content (AvgIpc) is 3.13. The van der Waals surface area contributed by atoms with E-state index in [2.05, 4.69) is 24.3 Å². The zero-order valence-electron chi connectivity index (χ0n) is 10.3. The van der Waals surface area contributed by atoms with Gasteiger partial charge in [0.1, 0.15) is 5.78 Å². The van der Waals surface area contributed by atoms with Crippen molar-refractivity contribution in [3.63, 3.8) is 0 Å². The Hall–Kier alpha value is -1.11. The monoisotopic (exact) mass is 228 g/mol. The minimum atomic E-state index is 0.495. The molecule has 2 aliphatic rings. The van der Waals surface area contributed by atoms with E-state index in [0.717, 1.165) is 18.8 Å². The lowest BCUT2D eigenvalue weighted by molar-refractivity contribution is -0.119. The summed E-state index contributed by atoms with van der Waals surface area (Å²) in [6, 6.07) is 8.69. The first-order valence-corrected chi connectivity index (χ1v) is 6.92. The molecule has 0 aromatic heterocycles. The molecule has 1 unspecified atom stereocenters. The number of carbonyl (C=O) groups excluding carboxylic acids is 1. The summed E-state index contributed by atoms with van der Waals surface area (Å²) in [7, 11) is 0. The van der Waals surface area contributed by atoms with Crippen molar-refractivity contribution in [1.29, 1.82) is 0 Å². The Kier molecular flexibility index (Phi) is 3.00. The number of carbonyl (C=O) groups is 1. The summed E-state index contributed by atoms with van der Waals surface area (Å²) in [6.07, 6.45) is 7.85. The third-order valence-electron chi connectivity index (χ3n) is 4.18. The molecule has 0 radical (unpaired) electrons. The molecule has 1 atom stereocenters. The Morgan fingerprint density at radius 2 is 1.94 bits per heavy atom. The fraction of sp³-hybridized carbons (Fsp3) is 0.562. The average molecular weight is 228 g/mol. The summed E-state index contributed by atoms with van der Waals surface area (Å²) in [5, 5.41) is 0. The van der Waals surface area contributed by atoms with Gasteiger partial charge in [-0.15, -0.1) is 0 Å². The molecule has 17 heavy (non-hydrogen) atoms. The highest BCUT2D eigenvalue weighted by Gasteiger charge is 2.27. The van der Waals surface area contributed by atoms with Crippen LogP contribution in [0.5, 0.6) is 0 Å². The van der Waals surface area contributed by atoms with E-state index in [-0.39, 0.29) is 0 Å². The van der Waals surface area contributed by atoms with Gasteiger partial charge in [-0.05, 0) is 55.1 Å². The number of hydrogen-bond donors (Lipinski definition) is 0. The molecule has 0 saturated heterocycles. The van der Waals surface area contributed by atoms with Crippen molar-refractivity contribution in [1.82, 2.24) is 0 Å². The van der Waals surface area contributed by atoms with Gasteiger partial charge in [0.05, 0.1) is 0 Å². The SMILES string of the molecule is O=C(CC1CC1)CC1CCCc2ccccc21. The highest BCUT2D eigenvalue weighted by Crippen LogP contribution is 2.37. The van der Waals surface area contributed by atoms with Gasteiger partial charge in [-0.2, -0.15) is 0 Å². The van der Waals surface area contributed by atoms with E-state index in [0.29, 0.717) is 11.7 Å². The third kappa shape index (κ3) is 2.59. The molecule has 1 fully saturated rings. The number of benzene rings is 1. The molecule has 1 aromatic carbocycles. The fourth-order valence-electron chi connectivity index (χ4n) is 3.07. The molecule has 0 N–H and O–H groups in total. The number of hydrogen-bond acceptors (Lipinski definition) is 1. The predicted octanol–water partition coefficient (Wildman–Crippen LogP) is 3.87. The minimum absolute atomic E-state index is 0.495. The molecule has 2 aliphatic carbocycles. The molecule has 3 rings (SSSR count). The molecule has 1 aromatic rings. The van der Waals surface area contributed by atoms with Gasteiger partial charge in [0.25, 0.3) is 0 Å². The largest absolute Gasteiger partial charge is 0.300 e. The highest BCUT2D eigenvalue weighted by atomic mass is 16.1. The van der Waals surface area contributed by atoms with Crippen molar-refractivity contribution >= 4 is 5.78 Å². The van der Waals surface area contributed by atoms with Gasteiger partial charge in [0, 0.05) is 12.8 Å². The van der Waals surface area contributed by atoms with E-state index in [1.54, 1.807) is 0 Å². The molecule has 0 heterocycles. The first kappa shape index (κ1) is 11.0. The topological polar surface area (TPSA) is 17.1 Å². The molecule has 90 valence electrons. The van der Waals surface area contributed by atoms with Crippen LogP contribution in [0, 0.1) is 5.92 Å². The van der Waals surface area contributed by atoms with Crippen LogP contribution in [0.3, 0.4) is 0 Å². The third-order valence-corrected chi connectivity index (χ3v) is 4.18. The van der Waals surface area contributed by atoms with E-state index < -0.39 is 0 Å². The van der Waals surface area contributed by atoms with Gasteiger partial charge in [0.2, 0.25) is 0 Å². The molecule has 0 bridgehead atoms. The second-order valence-electron chi connectivity index (χ2n) is 5.68. The highest BCUT2D eigenvalue weighted by molar-refractivity contribution is 5.80. The summed E-state index contributed by atoms with van der Waals surface area (Å²) in [5.74, 6) is 1.74. The summed E-state index contributed by atoms with van der Waals surface area (Å²) in [5.41, 5.74) is 2.92. The number of ketones is 1. The summed E-state index contributed by atoms with van der Waals surface area (Å²) < 4.78 is 0. The fourth-order valence-corrected chi connectivity index (χ4v) is 3.07. The molecule has 1 heteroatoms. The quantitative estimate of drug-likeness (QED) is 0.764. The smallest absolute Gasteiger partial charge is 0.133 e. The summed E-state index contributed by atoms with van der Waals surface area (Å²) in [6.45, 7) is 0. The Morgan fingerprint density at radius 1 is 1.12 bits per heavy atom. The molecular weight excluding hydrogens is 208 g/mol. The number of aryl methyl sites for hydroxylation is 1. The van der Waals surface area contributed by atoms with Crippen LogP contribution in [-0.4, -0.2) is 5.78 Å². The van der Waals surface area contributed by atoms with Crippen LogP contribution in [0.15, 0.2) is 24.3 Å². The van der Waals surface area contributed by atoms with Gasteiger partial charge in [-0.25, -0.2) is 0 Å². The predicted molar refractivity (Wildman–Crippen MR) is 69.1 cm³/mol. The lowest BCUT2D eigenvalue weighted by atomic mass is 9.80. The standard InChI is InChI=1S/C16H20O/c17-15(10-12-8-9-12)11-14-6-3-5-13-4-1-2-7-16(13)14/h1-2,4,7,12,14H,3,5-6,8-11H2. The van der Waals surface area contributed by atoms with Crippen LogP contribution in [0.2, 0.25) is 0 Å². The second-order valence-corrected chi connectivity index (χ2v) is 5.68. The van der Waals surface area contributed by atoms with Crippen LogP contribution in [0.25, 0.3) is 0 Å². The van der Waals surface area contributed by atoms with Crippen molar-refractivity contribution in [3.8, 4) is 0 Å². The maximum absolute atomic E-state index is 12.0. The van der Waals surface area contributed by atoms with Crippen LogP contribution < -0.4 is 0 Å². The number of fused-ring (bicyclic) bond motifs is 1. The van der Waals surface area contributed by atoms with Crippen molar-refractivity contribution in [3.05, 3.63) is 35.4 Å². The van der Waals surface area contributed by atoms with Gasteiger partial charge in [0.15, 0.2) is 0 Å². The Morgan fingerprint density at radius 3 is 2.76 bits per heavy atom. The van der Waals surface area contributed by atoms with E-state index in [1.807, 2.05) is 0 Å². The zero-order chi connectivity index (χ0) is 11.7. The summed E-state index contributed by atoms with van der Waals surface area (Å²) in [4.78, 5) is 12.0. The maximum Gasteiger partial charge on any atom is 0.133 e. The van der Waals surface area contributed by atoms with Gasteiger partial charge in [-0.1, -0.05) is 24.3 Å². The van der Waals surface area contributed by atoms with E-state index in [4.69, 9.17) is 0 Å². The van der Waals surface area contributed by atoms with E-state index in [9.17, 15) is 4.79 Å². The van der Waals surface area contributed by atoms with Gasteiger partial charge in [-0.3, -0.25) is 4.79 Å². The molecule has 1 saturated carbocycles. The van der Waals surface area contributed by atoms with Crippen molar-refractivity contribution < 1.29 is 4.79 Å². The molecule has 0 spiro atoms. The normalized spacial score (nSPS) is 23.2.